The largest absolute Gasteiger partial charge is 0.378 e. The lowest BCUT2D eigenvalue weighted by Crippen LogP contribution is -2.55. The third kappa shape index (κ3) is 5.24. The molecule has 176 valence electrons. The normalized spacial score (nSPS) is 17.3. The van der Waals surface area contributed by atoms with Crippen LogP contribution >= 0.6 is 0 Å². The van der Waals surface area contributed by atoms with Crippen LogP contribution in [0.1, 0.15) is 35.2 Å². The van der Waals surface area contributed by atoms with Crippen molar-refractivity contribution in [1.29, 1.82) is 0 Å². The first-order chi connectivity index (χ1) is 15.5. The summed E-state index contributed by atoms with van der Waals surface area (Å²) >= 11 is 0. The molecule has 11 heteroatoms. The van der Waals surface area contributed by atoms with Gasteiger partial charge in [0.05, 0.1) is 11.9 Å². The third-order valence-electron chi connectivity index (χ3n) is 5.96. The van der Waals surface area contributed by atoms with Crippen LogP contribution in [0.15, 0.2) is 36.4 Å². The van der Waals surface area contributed by atoms with E-state index in [1.807, 2.05) is 0 Å². The Bertz CT molecular complexity index is 1210. The molecule has 0 atom stereocenters. The molecular weight excluding hydrogens is 454 g/mol. The predicted molar refractivity (Wildman–Crippen MR) is 120 cm³/mol. The number of carbonyl (C=O) groups excluding carboxylic acids is 2. The zero-order valence-corrected chi connectivity index (χ0v) is 18.8. The molecule has 2 aromatic carbocycles. The minimum atomic E-state index is -3.64. The van der Waals surface area contributed by atoms with E-state index >= 15 is 0 Å². The van der Waals surface area contributed by atoms with Crippen LogP contribution in [-0.4, -0.2) is 50.0 Å². The Morgan fingerprint density at radius 3 is 2.58 bits per heavy atom. The lowest BCUT2D eigenvalue weighted by Gasteiger charge is -2.45. The van der Waals surface area contributed by atoms with E-state index in [-0.39, 0.29) is 30.5 Å². The molecule has 2 amide bonds. The molecule has 2 aromatic rings. The summed E-state index contributed by atoms with van der Waals surface area (Å²) in [5.74, 6) is -1.28. The number of rotatable bonds is 4. The number of piperidine rings is 1. The number of ketones is 1. The minimum absolute atomic E-state index is 0.0921. The molecule has 0 radical (unpaired) electrons. The summed E-state index contributed by atoms with van der Waals surface area (Å²) in [7, 11) is -3.64. The van der Waals surface area contributed by atoms with Gasteiger partial charge >= 0.3 is 6.03 Å². The fourth-order valence-corrected chi connectivity index (χ4v) is 4.83. The summed E-state index contributed by atoms with van der Waals surface area (Å²) in [5.41, 5.74) is 0.845. The molecule has 1 saturated heterocycles. The molecule has 2 aliphatic heterocycles. The number of hydrogen-bond acceptors (Lipinski definition) is 5. The highest BCUT2D eigenvalue weighted by Gasteiger charge is 2.41. The number of nitrogens with one attached hydrogen (secondary N) is 3. The second-order valence-corrected chi connectivity index (χ2v) is 10.3. The van der Waals surface area contributed by atoms with Crippen LogP contribution in [-0.2, 0) is 16.6 Å². The van der Waals surface area contributed by atoms with Crippen molar-refractivity contribution in [1.82, 2.24) is 10.2 Å². The molecule has 8 nitrogen and oxygen atoms in total. The van der Waals surface area contributed by atoms with Crippen molar-refractivity contribution in [3.63, 3.8) is 0 Å². The molecule has 3 N–H and O–H groups in total. The molecule has 1 spiro atoms. The number of anilines is 2. The molecule has 0 bridgehead atoms. The van der Waals surface area contributed by atoms with E-state index in [0.29, 0.717) is 42.7 Å². The van der Waals surface area contributed by atoms with E-state index in [1.165, 1.54) is 24.3 Å². The van der Waals surface area contributed by atoms with Gasteiger partial charge < -0.3 is 15.5 Å². The number of likely N-dealkylation sites (tertiary alicyclic amines) is 1. The summed E-state index contributed by atoms with van der Waals surface area (Å²) in [6.07, 6.45) is 2.28. The summed E-state index contributed by atoms with van der Waals surface area (Å²) < 4.78 is 52.2. The molecular formula is C22H24F2N4O4S. The average molecular weight is 479 g/mol. The highest BCUT2D eigenvalue weighted by molar-refractivity contribution is 7.92. The van der Waals surface area contributed by atoms with E-state index in [0.717, 1.165) is 12.3 Å². The molecule has 0 aromatic heterocycles. The second kappa shape index (κ2) is 8.62. The standard InChI is InChI=1S/C22H24F2N4O4S/c1-33(31,32)27-19-10-14(2-4-17(19)24)13-25-21(30)28-8-6-22(7-9-28)12-20(29)16-11-15(23)3-5-18(16)26-22/h2-5,10-11,26-27H,6-9,12-13H2,1H3,(H,25,30). The van der Waals surface area contributed by atoms with Gasteiger partial charge in [-0.25, -0.2) is 22.0 Å². The molecule has 33 heavy (non-hydrogen) atoms. The SMILES string of the molecule is CS(=O)(=O)Nc1cc(CNC(=O)N2CCC3(CC2)CC(=O)c2cc(F)ccc2N3)ccc1F. The summed E-state index contributed by atoms with van der Waals surface area (Å²) in [6, 6.07) is 7.75. The zero-order chi connectivity index (χ0) is 23.8. The first-order valence-corrected chi connectivity index (χ1v) is 12.3. The van der Waals surface area contributed by atoms with E-state index in [2.05, 4.69) is 15.4 Å². The van der Waals surface area contributed by atoms with Gasteiger partial charge in [-0.1, -0.05) is 6.07 Å². The number of benzene rings is 2. The maximum absolute atomic E-state index is 13.8. The molecule has 2 heterocycles. The first-order valence-electron chi connectivity index (χ1n) is 10.4. The van der Waals surface area contributed by atoms with Crippen molar-refractivity contribution in [2.75, 3.05) is 29.4 Å². The van der Waals surface area contributed by atoms with Crippen LogP contribution in [0.5, 0.6) is 0 Å². The maximum atomic E-state index is 13.8. The fourth-order valence-electron chi connectivity index (χ4n) is 4.28. The zero-order valence-electron chi connectivity index (χ0n) is 18.0. The average Bonchev–Trinajstić information content (AvgIpc) is 2.74. The van der Waals surface area contributed by atoms with Crippen molar-refractivity contribution in [3.8, 4) is 0 Å². The summed E-state index contributed by atoms with van der Waals surface area (Å²) in [5, 5.41) is 6.14. The van der Waals surface area contributed by atoms with Crippen LogP contribution in [0.2, 0.25) is 0 Å². The monoisotopic (exact) mass is 478 g/mol. The molecule has 0 unspecified atom stereocenters. The highest BCUT2D eigenvalue weighted by Crippen LogP contribution is 2.37. The van der Waals surface area contributed by atoms with E-state index in [9.17, 15) is 26.8 Å². The second-order valence-electron chi connectivity index (χ2n) is 8.53. The van der Waals surface area contributed by atoms with Crippen LogP contribution in [0.4, 0.5) is 25.0 Å². The lowest BCUT2D eigenvalue weighted by atomic mass is 9.78. The number of nitrogens with zero attached hydrogens (tertiary/aromatic N) is 1. The molecule has 0 aliphatic carbocycles. The Morgan fingerprint density at radius 1 is 1.15 bits per heavy atom. The number of carbonyl (C=O) groups is 2. The molecule has 4 rings (SSSR count). The molecule has 1 fully saturated rings. The van der Waals surface area contributed by atoms with Gasteiger partial charge in [-0.05, 0) is 48.7 Å². The quantitative estimate of drug-likeness (QED) is 0.626. The van der Waals surface area contributed by atoms with Gasteiger partial charge in [0.1, 0.15) is 11.6 Å². The highest BCUT2D eigenvalue weighted by atomic mass is 32.2. The third-order valence-corrected chi connectivity index (χ3v) is 6.55. The topological polar surface area (TPSA) is 108 Å². The Hall–Kier alpha value is -3.21. The van der Waals surface area contributed by atoms with Gasteiger partial charge in [0.2, 0.25) is 10.0 Å². The Kier molecular flexibility index (Phi) is 6.00. The van der Waals surface area contributed by atoms with Gasteiger partial charge in [0.15, 0.2) is 5.78 Å². The van der Waals surface area contributed by atoms with Crippen molar-refractivity contribution < 1.29 is 26.8 Å². The smallest absolute Gasteiger partial charge is 0.317 e. The number of Topliss-reactive ketones (excluding diaryl/α,β-unsaturated/α-hetero) is 1. The van der Waals surface area contributed by atoms with Crippen molar-refractivity contribution >= 4 is 33.2 Å². The van der Waals surface area contributed by atoms with Gasteiger partial charge in [-0.3, -0.25) is 9.52 Å². The van der Waals surface area contributed by atoms with Crippen molar-refractivity contribution in [2.45, 2.75) is 31.3 Å². The van der Waals surface area contributed by atoms with Crippen molar-refractivity contribution in [2.24, 2.45) is 0 Å². The van der Waals surface area contributed by atoms with Crippen LogP contribution in [0.25, 0.3) is 0 Å². The van der Waals surface area contributed by atoms with Crippen LogP contribution < -0.4 is 15.4 Å². The number of sulfonamides is 1. The Balaban J connectivity index is 1.34. The number of halogens is 2. The van der Waals surface area contributed by atoms with Crippen LogP contribution in [0, 0.1) is 11.6 Å². The molecule has 2 aliphatic rings. The molecule has 0 saturated carbocycles. The Labute approximate surface area is 190 Å². The first kappa shape index (κ1) is 23.0. The summed E-state index contributed by atoms with van der Waals surface area (Å²) in [6.45, 7) is 0.939. The van der Waals surface area contributed by atoms with Gasteiger partial charge in [-0.15, -0.1) is 0 Å². The Morgan fingerprint density at radius 2 is 1.88 bits per heavy atom. The van der Waals surface area contributed by atoms with Crippen molar-refractivity contribution in [3.05, 3.63) is 59.2 Å². The number of hydrogen-bond donors (Lipinski definition) is 3. The number of urea groups is 1. The van der Waals surface area contributed by atoms with Gasteiger partial charge in [0.25, 0.3) is 0 Å². The number of amides is 2. The minimum Gasteiger partial charge on any atom is -0.378 e. The van der Waals surface area contributed by atoms with Gasteiger partial charge in [-0.2, -0.15) is 0 Å². The van der Waals surface area contributed by atoms with E-state index < -0.39 is 27.2 Å². The fraction of sp³-hybridized carbons (Fsp3) is 0.364. The number of fused-ring (bicyclic) bond motifs is 1. The predicted octanol–water partition coefficient (Wildman–Crippen LogP) is 3.08. The maximum Gasteiger partial charge on any atom is 0.317 e. The van der Waals surface area contributed by atoms with Gasteiger partial charge in [0, 0.05) is 42.8 Å². The van der Waals surface area contributed by atoms with E-state index in [1.54, 1.807) is 11.0 Å². The lowest BCUT2D eigenvalue weighted by molar-refractivity contribution is 0.0915. The van der Waals surface area contributed by atoms with Crippen LogP contribution in [0.3, 0.4) is 0 Å². The summed E-state index contributed by atoms with van der Waals surface area (Å²) in [4.78, 5) is 26.8. The van der Waals surface area contributed by atoms with E-state index in [4.69, 9.17) is 0 Å².